The van der Waals surface area contributed by atoms with Gasteiger partial charge < -0.3 is 24.2 Å². The zero-order valence-corrected chi connectivity index (χ0v) is 24.4. The van der Waals surface area contributed by atoms with Crippen LogP contribution < -0.4 is 9.47 Å². The summed E-state index contributed by atoms with van der Waals surface area (Å²) in [5.74, 6) is 0.197. The van der Waals surface area contributed by atoms with Gasteiger partial charge in [-0.05, 0) is 61.9 Å². The van der Waals surface area contributed by atoms with Crippen molar-refractivity contribution < 1.29 is 28.9 Å². The molecule has 0 aromatic heterocycles. The molecule has 216 valence electrons. The van der Waals surface area contributed by atoms with E-state index in [1.165, 1.54) is 0 Å². The Kier molecular flexibility index (Phi) is 9.87. The molecule has 0 aliphatic carbocycles. The Morgan fingerprint density at radius 3 is 2.50 bits per heavy atom. The molecule has 8 heteroatoms. The summed E-state index contributed by atoms with van der Waals surface area (Å²) < 4.78 is 17.1. The average molecular weight is 551 g/mol. The second kappa shape index (κ2) is 13.3. The fourth-order valence-electron chi connectivity index (χ4n) is 5.26. The third kappa shape index (κ3) is 6.67. The molecule has 2 aromatic rings. The minimum absolute atomic E-state index is 0.0978. The highest BCUT2D eigenvalue weighted by molar-refractivity contribution is 6.46. The molecule has 2 aliphatic rings. The van der Waals surface area contributed by atoms with Crippen molar-refractivity contribution in [3.8, 4) is 11.5 Å². The number of nitrogens with zero attached hydrogens (tertiary/aromatic N) is 2. The molecule has 40 heavy (non-hydrogen) atoms. The van der Waals surface area contributed by atoms with Crippen LogP contribution in [0.1, 0.15) is 55.0 Å². The Bertz CT molecular complexity index is 1250. The van der Waals surface area contributed by atoms with Crippen molar-refractivity contribution in [1.29, 1.82) is 0 Å². The standard InChI is InChI=1S/C32H42N2O6/c1-21(2)11-16-40-26-10-9-24(20-27(26)38-5)29-28(30(35)25-19-22(3)7-8-23(25)4)31(36)32(37)34(29)13-6-12-33-14-17-39-18-15-33/h7-10,19-21,29,35H,6,11-18H2,1-5H3/b30-28+. The lowest BCUT2D eigenvalue weighted by Gasteiger charge is -2.29. The topological polar surface area (TPSA) is 88.5 Å². The van der Waals surface area contributed by atoms with Gasteiger partial charge >= 0.3 is 0 Å². The Morgan fingerprint density at radius 1 is 1.05 bits per heavy atom. The maximum Gasteiger partial charge on any atom is 0.295 e. The average Bonchev–Trinajstić information content (AvgIpc) is 3.19. The predicted molar refractivity (Wildman–Crippen MR) is 155 cm³/mol. The van der Waals surface area contributed by atoms with Crippen LogP contribution in [0, 0.1) is 19.8 Å². The van der Waals surface area contributed by atoms with E-state index in [-0.39, 0.29) is 11.3 Å². The maximum atomic E-state index is 13.5. The number of aliphatic hydroxyl groups excluding tert-OH is 1. The van der Waals surface area contributed by atoms with Gasteiger partial charge in [0.05, 0.1) is 38.5 Å². The SMILES string of the molecule is COc1cc(C2/C(=C(\O)c3cc(C)ccc3C)C(=O)C(=O)N2CCCN2CCOCC2)ccc1OCCC(C)C. The highest BCUT2D eigenvalue weighted by atomic mass is 16.5. The lowest BCUT2D eigenvalue weighted by molar-refractivity contribution is -0.140. The van der Waals surface area contributed by atoms with Gasteiger partial charge in [-0.2, -0.15) is 0 Å². The Morgan fingerprint density at radius 2 is 1.80 bits per heavy atom. The number of hydrogen-bond donors (Lipinski definition) is 1. The van der Waals surface area contributed by atoms with Crippen molar-refractivity contribution in [1.82, 2.24) is 9.80 Å². The van der Waals surface area contributed by atoms with Crippen molar-refractivity contribution in [3.63, 3.8) is 0 Å². The molecule has 1 N–H and O–H groups in total. The van der Waals surface area contributed by atoms with Crippen LogP contribution in [0.4, 0.5) is 0 Å². The summed E-state index contributed by atoms with van der Waals surface area (Å²) >= 11 is 0. The number of carbonyl (C=O) groups excluding carboxylic acids is 2. The summed E-state index contributed by atoms with van der Waals surface area (Å²) in [5, 5.41) is 11.5. The summed E-state index contributed by atoms with van der Waals surface area (Å²) in [6.07, 6.45) is 1.60. The lowest BCUT2D eigenvalue weighted by Crippen LogP contribution is -2.39. The van der Waals surface area contributed by atoms with E-state index in [2.05, 4.69) is 18.7 Å². The number of hydrogen-bond acceptors (Lipinski definition) is 7. The van der Waals surface area contributed by atoms with Crippen molar-refractivity contribution >= 4 is 17.4 Å². The molecular weight excluding hydrogens is 508 g/mol. The highest BCUT2D eigenvalue weighted by Gasteiger charge is 2.46. The van der Waals surface area contributed by atoms with Crippen LogP contribution in [0.3, 0.4) is 0 Å². The maximum absolute atomic E-state index is 13.5. The van der Waals surface area contributed by atoms with E-state index >= 15 is 0 Å². The predicted octanol–water partition coefficient (Wildman–Crippen LogP) is 4.88. The van der Waals surface area contributed by atoms with Crippen LogP contribution in [0.5, 0.6) is 11.5 Å². The first-order chi connectivity index (χ1) is 19.2. The summed E-state index contributed by atoms with van der Waals surface area (Å²) in [6, 6.07) is 10.5. The van der Waals surface area contributed by atoms with Gasteiger partial charge in [0.15, 0.2) is 11.5 Å². The van der Waals surface area contributed by atoms with Gasteiger partial charge in [0.25, 0.3) is 11.7 Å². The van der Waals surface area contributed by atoms with E-state index in [1.807, 2.05) is 50.2 Å². The third-order valence-electron chi connectivity index (χ3n) is 7.62. The minimum Gasteiger partial charge on any atom is -0.507 e. The number of aryl methyl sites for hydroxylation is 2. The van der Waals surface area contributed by atoms with E-state index in [1.54, 1.807) is 12.0 Å². The zero-order chi connectivity index (χ0) is 28.8. The second-order valence-corrected chi connectivity index (χ2v) is 11.1. The number of Topliss-reactive ketones (excluding diaryl/α,β-unsaturated/α-hetero) is 1. The third-order valence-corrected chi connectivity index (χ3v) is 7.62. The molecule has 4 rings (SSSR count). The monoisotopic (exact) mass is 550 g/mol. The number of ketones is 1. The van der Waals surface area contributed by atoms with Crippen LogP contribution in [-0.2, 0) is 14.3 Å². The molecule has 2 fully saturated rings. The van der Waals surface area contributed by atoms with E-state index in [9.17, 15) is 14.7 Å². The Balaban J connectivity index is 1.72. The molecule has 0 radical (unpaired) electrons. The number of benzene rings is 2. The molecule has 1 atom stereocenters. The molecule has 2 heterocycles. The smallest absolute Gasteiger partial charge is 0.295 e. The number of aliphatic hydroxyl groups is 1. The van der Waals surface area contributed by atoms with E-state index in [4.69, 9.17) is 14.2 Å². The van der Waals surface area contributed by atoms with Crippen LogP contribution >= 0.6 is 0 Å². The van der Waals surface area contributed by atoms with Gasteiger partial charge in [0.1, 0.15) is 5.76 Å². The van der Waals surface area contributed by atoms with Gasteiger partial charge in [-0.25, -0.2) is 0 Å². The van der Waals surface area contributed by atoms with Gasteiger partial charge in [-0.3, -0.25) is 14.5 Å². The molecule has 0 bridgehead atoms. The number of ether oxygens (including phenoxy) is 3. The number of carbonyl (C=O) groups is 2. The summed E-state index contributed by atoms with van der Waals surface area (Å²) in [6.45, 7) is 12.9. The Labute approximate surface area is 237 Å². The number of likely N-dealkylation sites (tertiary alicyclic amines) is 1. The van der Waals surface area contributed by atoms with Crippen molar-refractivity contribution in [2.24, 2.45) is 5.92 Å². The van der Waals surface area contributed by atoms with Crippen LogP contribution in [0.25, 0.3) is 5.76 Å². The Hall–Kier alpha value is -3.36. The first kappa shape index (κ1) is 29.6. The van der Waals surface area contributed by atoms with Crippen molar-refractivity contribution in [2.75, 3.05) is 53.1 Å². The molecule has 1 amide bonds. The minimum atomic E-state index is -0.747. The highest BCUT2D eigenvalue weighted by Crippen LogP contribution is 2.42. The van der Waals surface area contributed by atoms with Crippen LogP contribution in [0.15, 0.2) is 42.0 Å². The molecule has 0 saturated carbocycles. The first-order valence-electron chi connectivity index (χ1n) is 14.2. The first-order valence-corrected chi connectivity index (χ1v) is 14.2. The fourth-order valence-corrected chi connectivity index (χ4v) is 5.26. The van der Waals surface area contributed by atoms with Crippen molar-refractivity contribution in [2.45, 2.75) is 46.6 Å². The van der Waals surface area contributed by atoms with E-state index in [0.717, 1.165) is 37.2 Å². The molecule has 2 aliphatic heterocycles. The van der Waals surface area contributed by atoms with Crippen molar-refractivity contribution in [3.05, 3.63) is 64.2 Å². The van der Waals surface area contributed by atoms with Gasteiger partial charge in [0.2, 0.25) is 0 Å². The molecule has 8 nitrogen and oxygen atoms in total. The molecule has 0 spiro atoms. The summed E-state index contributed by atoms with van der Waals surface area (Å²) in [4.78, 5) is 30.8. The molecule has 1 unspecified atom stereocenters. The fraction of sp³-hybridized carbons (Fsp3) is 0.500. The normalized spacial score (nSPS) is 19.4. The number of amides is 1. The van der Waals surface area contributed by atoms with E-state index in [0.29, 0.717) is 61.3 Å². The second-order valence-electron chi connectivity index (χ2n) is 11.1. The van der Waals surface area contributed by atoms with E-state index < -0.39 is 17.7 Å². The zero-order valence-electron chi connectivity index (χ0n) is 24.4. The number of morpholine rings is 1. The largest absolute Gasteiger partial charge is 0.507 e. The van der Waals surface area contributed by atoms with Gasteiger partial charge in [-0.1, -0.05) is 37.6 Å². The van der Waals surface area contributed by atoms with Crippen LogP contribution in [0.2, 0.25) is 0 Å². The van der Waals surface area contributed by atoms with Gasteiger partial charge in [-0.15, -0.1) is 0 Å². The molecule has 2 saturated heterocycles. The number of methoxy groups -OCH3 is 1. The lowest BCUT2D eigenvalue weighted by atomic mass is 9.93. The number of rotatable bonds is 11. The summed E-state index contributed by atoms with van der Waals surface area (Å²) in [7, 11) is 1.57. The summed E-state index contributed by atoms with van der Waals surface area (Å²) in [5.41, 5.74) is 3.11. The van der Waals surface area contributed by atoms with Crippen LogP contribution in [-0.4, -0.2) is 79.7 Å². The molecule has 2 aromatic carbocycles. The van der Waals surface area contributed by atoms with Gasteiger partial charge in [0, 0.05) is 31.7 Å². The molecular formula is C32H42N2O6. The quantitative estimate of drug-likeness (QED) is 0.242.